The van der Waals surface area contributed by atoms with Crippen molar-refractivity contribution in [1.82, 2.24) is 15.1 Å². The summed E-state index contributed by atoms with van der Waals surface area (Å²) in [5.74, 6) is -0.502. The van der Waals surface area contributed by atoms with Gasteiger partial charge in [-0.3, -0.25) is 14.3 Å². The van der Waals surface area contributed by atoms with E-state index in [1.165, 1.54) is 10.9 Å². The van der Waals surface area contributed by atoms with Crippen molar-refractivity contribution in [2.24, 2.45) is 5.73 Å². The maximum absolute atomic E-state index is 12.0. The van der Waals surface area contributed by atoms with E-state index in [9.17, 15) is 9.59 Å². The molecule has 2 aromatic rings. The number of likely N-dealkylation sites (N-methyl/N-ethyl adjacent to an activating group) is 1. The van der Waals surface area contributed by atoms with E-state index >= 15 is 0 Å². The number of hydrogen-bond acceptors (Lipinski definition) is 4. The first-order valence-electron chi connectivity index (χ1n) is 6.44. The van der Waals surface area contributed by atoms with Gasteiger partial charge in [-0.15, -0.1) is 0 Å². The molecule has 0 unspecified atom stereocenters. The van der Waals surface area contributed by atoms with Gasteiger partial charge in [-0.2, -0.15) is 5.10 Å². The van der Waals surface area contributed by atoms with E-state index in [1.807, 2.05) is 18.2 Å². The summed E-state index contributed by atoms with van der Waals surface area (Å²) in [6.45, 7) is 0.0944. The molecule has 0 saturated heterocycles. The number of anilines is 1. The minimum Gasteiger partial charge on any atom is -0.358 e. The number of benzene rings is 1. The predicted molar refractivity (Wildman–Crippen MR) is 78.3 cm³/mol. The van der Waals surface area contributed by atoms with Crippen molar-refractivity contribution < 1.29 is 9.59 Å². The maximum Gasteiger partial charge on any atom is 0.245 e. The van der Waals surface area contributed by atoms with E-state index in [-0.39, 0.29) is 18.4 Å². The fraction of sp³-hybridized carbons (Fsp3) is 0.214. The molecule has 7 nitrogen and oxygen atoms in total. The molecule has 0 spiro atoms. The lowest BCUT2D eigenvalue weighted by Crippen LogP contribution is -2.27. The second kappa shape index (κ2) is 6.67. The van der Waals surface area contributed by atoms with Crippen LogP contribution in [-0.4, -0.2) is 28.6 Å². The highest BCUT2D eigenvalue weighted by Gasteiger charge is 2.16. The fourth-order valence-corrected chi connectivity index (χ4v) is 1.77. The van der Waals surface area contributed by atoms with Crippen LogP contribution >= 0.6 is 0 Å². The average molecular weight is 287 g/mol. The summed E-state index contributed by atoms with van der Waals surface area (Å²) < 4.78 is 1.43. The Balaban J connectivity index is 1.98. The van der Waals surface area contributed by atoms with Gasteiger partial charge >= 0.3 is 0 Å². The number of nitrogens with one attached hydrogen (secondary N) is 2. The van der Waals surface area contributed by atoms with Crippen molar-refractivity contribution in [1.29, 1.82) is 0 Å². The first-order valence-corrected chi connectivity index (χ1v) is 6.44. The van der Waals surface area contributed by atoms with E-state index in [4.69, 9.17) is 5.73 Å². The summed E-state index contributed by atoms with van der Waals surface area (Å²) in [6, 6.07) is 8.33. The SMILES string of the molecule is CNC(=O)Cn1cc(NC(=O)[C@@H](N)c2ccccc2)cn1. The molecule has 0 bridgehead atoms. The number of nitrogens with zero attached hydrogens (tertiary/aromatic N) is 2. The topological polar surface area (TPSA) is 102 Å². The standard InChI is InChI=1S/C14H17N5O2/c1-16-12(20)9-19-8-11(7-17-19)18-14(21)13(15)10-5-3-2-4-6-10/h2-8,13H,9,15H2,1H3,(H,16,20)(H,18,21)/t13-/m0/s1. The third-order valence-electron chi connectivity index (χ3n) is 2.93. The van der Waals surface area contributed by atoms with Crippen LogP contribution in [0, 0.1) is 0 Å². The number of hydrogen-bond donors (Lipinski definition) is 3. The molecule has 0 aliphatic heterocycles. The van der Waals surface area contributed by atoms with Gasteiger partial charge in [-0.05, 0) is 5.56 Å². The molecule has 0 radical (unpaired) electrons. The zero-order valence-electron chi connectivity index (χ0n) is 11.6. The highest BCUT2D eigenvalue weighted by Crippen LogP contribution is 2.13. The smallest absolute Gasteiger partial charge is 0.245 e. The van der Waals surface area contributed by atoms with Crippen LogP contribution in [0.5, 0.6) is 0 Å². The molecule has 1 heterocycles. The molecule has 4 N–H and O–H groups in total. The monoisotopic (exact) mass is 287 g/mol. The van der Waals surface area contributed by atoms with Crippen LogP contribution in [0.1, 0.15) is 11.6 Å². The Morgan fingerprint density at radius 1 is 1.33 bits per heavy atom. The zero-order valence-corrected chi connectivity index (χ0v) is 11.6. The van der Waals surface area contributed by atoms with E-state index in [0.29, 0.717) is 5.69 Å². The van der Waals surface area contributed by atoms with Gasteiger partial charge in [0.25, 0.3) is 0 Å². The highest BCUT2D eigenvalue weighted by molar-refractivity contribution is 5.95. The molecule has 21 heavy (non-hydrogen) atoms. The van der Waals surface area contributed by atoms with Crippen LogP contribution in [0.15, 0.2) is 42.7 Å². The molecule has 0 saturated carbocycles. The molecule has 2 rings (SSSR count). The molecule has 2 amide bonds. The van der Waals surface area contributed by atoms with Crippen molar-refractivity contribution in [3.05, 3.63) is 48.3 Å². The number of carbonyl (C=O) groups excluding carboxylic acids is 2. The van der Waals surface area contributed by atoms with Gasteiger partial charge in [0.15, 0.2) is 0 Å². The number of amides is 2. The lowest BCUT2D eigenvalue weighted by atomic mass is 10.1. The Bertz CT molecular complexity index is 623. The van der Waals surface area contributed by atoms with E-state index < -0.39 is 6.04 Å². The maximum atomic E-state index is 12.0. The second-order valence-corrected chi connectivity index (χ2v) is 4.48. The number of carbonyl (C=O) groups is 2. The molecule has 0 fully saturated rings. The van der Waals surface area contributed by atoms with Crippen molar-refractivity contribution >= 4 is 17.5 Å². The summed E-state index contributed by atoms with van der Waals surface area (Å²) in [5, 5.41) is 9.16. The average Bonchev–Trinajstić information content (AvgIpc) is 2.94. The van der Waals surface area contributed by atoms with Crippen molar-refractivity contribution in [2.75, 3.05) is 12.4 Å². The minimum absolute atomic E-state index is 0.0944. The summed E-state index contributed by atoms with van der Waals surface area (Å²) in [4.78, 5) is 23.3. The Labute approximate surface area is 122 Å². The van der Waals surface area contributed by atoms with E-state index in [1.54, 1.807) is 25.4 Å². The van der Waals surface area contributed by atoms with Gasteiger partial charge in [-0.25, -0.2) is 0 Å². The Hall–Kier alpha value is -2.67. The quantitative estimate of drug-likeness (QED) is 0.734. The lowest BCUT2D eigenvalue weighted by molar-refractivity contribution is -0.121. The first kappa shape index (κ1) is 14.7. The third kappa shape index (κ3) is 3.90. The second-order valence-electron chi connectivity index (χ2n) is 4.48. The highest BCUT2D eigenvalue weighted by atomic mass is 16.2. The molecule has 7 heteroatoms. The summed E-state index contributed by atoms with van der Waals surface area (Å²) in [6.07, 6.45) is 3.05. The van der Waals surface area contributed by atoms with Crippen LogP contribution in [-0.2, 0) is 16.1 Å². The molecule has 110 valence electrons. The van der Waals surface area contributed by atoms with Crippen molar-refractivity contribution in [3.8, 4) is 0 Å². The van der Waals surface area contributed by atoms with Crippen molar-refractivity contribution in [2.45, 2.75) is 12.6 Å². The zero-order chi connectivity index (χ0) is 15.2. The molecular weight excluding hydrogens is 270 g/mol. The van der Waals surface area contributed by atoms with Gasteiger partial charge in [0.2, 0.25) is 11.8 Å². The molecule has 0 aliphatic rings. The normalized spacial score (nSPS) is 11.7. The van der Waals surface area contributed by atoms with Gasteiger partial charge in [0.05, 0.1) is 11.9 Å². The number of nitrogens with two attached hydrogens (primary N) is 1. The third-order valence-corrected chi connectivity index (χ3v) is 2.93. The van der Waals surface area contributed by atoms with Crippen LogP contribution in [0.3, 0.4) is 0 Å². The van der Waals surface area contributed by atoms with Crippen LogP contribution in [0.25, 0.3) is 0 Å². The van der Waals surface area contributed by atoms with Gasteiger partial charge in [-0.1, -0.05) is 30.3 Å². The van der Waals surface area contributed by atoms with Crippen LogP contribution < -0.4 is 16.4 Å². The van der Waals surface area contributed by atoms with Crippen LogP contribution in [0.4, 0.5) is 5.69 Å². The Kier molecular flexibility index (Phi) is 4.68. The Morgan fingerprint density at radius 2 is 2.05 bits per heavy atom. The fourth-order valence-electron chi connectivity index (χ4n) is 1.77. The van der Waals surface area contributed by atoms with Gasteiger partial charge in [0.1, 0.15) is 12.6 Å². The summed E-state index contributed by atoms with van der Waals surface area (Å²) in [5.41, 5.74) is 7.12. The predicted octanol–water partition coefficient (Wildman–Crippen LogP) is 0.268. The molecule has 1 atom stereocenters. The molecule has 1 aromatic carbocycles. The first-order chi connectivity index (χ1) is 10.1. The van der Waals surface area contributed by atoms with Gasteiger partial charge in [0, 0.05) is 13.2 Å². The number of aromatic nitrogens is 2. The van der Waals surface area contributed by atoms with Gasteiger partial charge < -0.3 is 16.4 Å². The van der Waals surface area contributed by atoms with E-state index in [0.717, 1.165) is 5.56 Å². The van der Waals surface area contributed by atoms with Crippen LogP contribution in [0.2, 0.25) is 0 Å². The minimum atomic E-state index is -0.756. The Morgan fingerprint density at radius 3 is 2.71 bits per heavy atom. The van der Waals surface area contributed by atoms with Crippen molar-refractivity contribution in [3.63, 3.8) is 0 Å². The lowest BCUT2D eigenvalue weighted by Gasteiger charge is -2.11. The van der Waals surface area contributed by atoms with E-state index in [2.05, 4.69) is 15.7 Å². The summed E-state index contributed by atoms with van der Waals surface area (Å²) >= 11 is 0. The molecule has 1 aromatic heterocycles. The summed E-state index contributed by atoms with van der Waals surface area (Å²) in [7, 11) is 1.55. The number of rotatable bonds is 5. The molecule has 0 aliphatic carbocycles. The molecular formula is C14H17N5O2. The largest absolute Gasteiger partial charge is 0.358 e.